The molecule has 0 radical (unpaired) electrons. The fourth-order valence-electron chi connectivity index (χ4n) is 3.04. The van der Waals surface area contributed by atoms with Crippen molar-refractivity contribution in [3.63, 3.8) is 0 Å². The Morgan fingerprint density at radius 3 is 2.00 bits per heavy atom. The van der Waals surface area contributed by atoms with E-state index in [-0.39, 0.29) is 0 Å². The molecule has 0 spiro atoms. The molecule has 2 nitrogen and oxygen atoms in total. The number of halogens is 1. The summed E-state index contributed by atoms with van der Waals surface area (Å²) in [6.45, 7) is 0. The molecule has 116 valence electrons. The second-order valence-corrected chi connectivity index (χ2v) is 6.02. The van der Waals surface area contributed by atoms with E-state index in [1.807, 2.05) is 66.7 Å². The molecule has 0 aliphatic heterocycles. The number of anilines is 1. The van der Waals surface area contributed by atoms with E-state index in [9.17, 15) is 0 Å². The van der Waals surface area contributed by atoms with Crippen molar-refractivity contribution in [2.24, 2.45) is 0 Å². The monoisotopic (exact) mass is 330 g/mol. The van der Waals surface area contributed by atoms with Crippen LogP contribution in [0.4, 0.5) is 5.82 Å². The first-order chi connectivity index (χ1) is 11.8. The molecule has 0 aliphatic carbocycles. The van der Waals surface area contributed by atoms with Gasteiger partial charge in [0.25, 0.3) is 0 Å². The molecule has 4 aromatic rings. The molecule has 0 aliphatic rings. The second kappa shape index (κ2) is 5.99. The van der Waals surface area contributed by atoms with Crippen LogP contribution in [0, 0.1) is 0 Å². The first-order valence-electron chi connectivity index (χ1n) is 7.74. The van der Waals surface area contributed by atoms with Crippen LogP contribution in [0.15, 0.2) is 78.9 Å². The summed E-state index contributed by atoms with van der Waals surface area (Å²) >= 11 is 6.56. The Hall–Kier alpha value is -2.84. The third-order valence-electron chi connectivity index (χ3n) is 4.12. The van der Waals surface area contributed by atoms with E-state index < -0.39 is 0 Å². The molecule has 0 amide bonds. The molecule has 24 heavy (non-hydrogen) atoms. The normalized spacial score (nSPS) is 10.9. The number of benzene rings is 3. The van der Waals surface area contributed by atoms with Gasteiger partial charge in [-0.05, 0) is 11.6 Å². The number of hydrogen-bond acceptors (Lipinski definition) is 2. The highest BCUT2D eigenvalue weighted by Gasteiger charge is 2.17. The predicted molar refractivity (Wildman–Crippen MR) is 102 cm³/mol. The maximum absolute atomic E-state index is 6.56. The number of nitrogens with two attached hydrogens (primary N) is 1. The lowest BCUT2D eigenvalue weighted by Gasteiger charge is -2.16. The largest absolute Gasteiger partial charge is 0.383 e. The number of nitrogen functional groups attached to an aromatic ring is 1. The Balaban J connectivity index is 2.18. The number of hydrogen-bond donors (Lipinski definition) is 1. The zero-order valence-electron chi connectivity index (χ0n) is 12.9. The van der Waals surface area contributed by atoms with E-state index in [1.165, 1.54) is 0 Å². The zero-order chi connectivity index (χ0) is 16.5. The highest BCUT2D eigenvalue weighted by atomic mass is 35.5. The van der Waals surface area contributed by atoms with Gasteiger partial charge in [0.05, 0.1) is 5.69 Å². The maximum atomic E-state index is 6.56. The summed E-state index contributed by atoms with van der Waals surface area (Å²) in [5.41, 5.74) is 10.2. The Morgan fingerprint density at radius 1 is 0.708 bits per heavy atom. The van der Waals surface area contributed by atoms with Crippen molar-refractivity contribution in [1.29, 1.82) is 0 Å². The highest BCUT2D eigenvalue weighted by molar-refractivity contribution is 6.37. The van der Waals surface area contributed by atoms with Gasteiger partial charge in [-0.3, -0.25) is 0 Å². The van der Waals surface area contributed by atoms with Crippen molar-refractivity contribution in [1.82, 2.24) is 4.98 Å². The quantitative estimate of drug-likeness (QED) is 0.504. The van der Waals surface area contributed by atoms with Gasteiger partial charge >= 0.3 is 0 Å². The predicted octanol–water partition coefficient (Wildman–Crippen LogP) is 5.80. The first-order valence-corrected chi connectivity index (χ1v) is 8.12. The summed E-state index contributed by atoms with van der Waals surface area (Å²) in [4.78, 5) is 4.71. The summed E-state index contributed by atoms with van der Waals surface area (Å²) in [7, 11) is 0. The molecule has 3 heteroatoms. The first kappa shape index (κ1) is 14.7. The fourth-order valence-corrected chi connectivity index (χ4v) is 3.31. The van der Waals surface area contributed by atoms with Crippen LogP contribution in [0.25, 0.3) is 33.2 Å². The number of aromatic nitrogens is 1. The van der Waals surface area contributed by atoms with Crippen molar-refractivity contribution in [3.8, 4) is 22.4 Å². The van der Waals surface area contributed by atoms with Crippen LogP contribution in [0.2, 0.25) is 5.02 Å². The molecule has 3 aromatic carbocycles. The Kier molecular flexibility index (Phi) is 3.68. The van der Waals surface area contributed by atoms with Gasteiger partial charge in [0.15, 0.2) is 0 Å². The smallest absolute Gasteiger partial charge is 0.132 e. The third-order valence-corrected chi connectivity index (χ3v) is 4.43. The van der Waals surface area contributed by atoms with E-state index in [0.29, 0.717) is 10.8 Å². The van der Waals surface area contributed by atoms with Crippen molar-refractivity contribution in [3.05, 3.63) is 83.9 Å². The van der Waals surface area contributed by atoms with E-state index in [2.05, 4.69) is 12.1 Å². The van der Waals surface area contributed by atoms with Crippen LogP contribution in [0.3, 0.4) is 0 Å². The number of fused-ring (bicyclic) bond motifs is 1. The van der Waals surface area contributed by atoms with E-state index in [0.717, 1.165) is 33.2 Å². The average Bonchev–Trinajstić information content (AvgIpc) is 2.64. The molecule has 0 atom stereocenters. The molecule has 4 rings (SSSR count). The molecule has 0 unspecified atom stereocenters. The van der Waals surface area contributed by atoms with Gasteiger partial charge in [0.1, 0.15) is 5.82 Å². The number of pyridine rings is 1. The maximum Gasteiger partial charge on any atom is 0.132 e. The van der Waals surface area contributed by atoms with Gasteiger partial charge in [0, 0.05) is 26.9 Å². The SMILES string of the molecule is Nc1nc(-c2ccccc2)c(-c2ccccc2)c2c(Cl)cccc12. The third kappa shape index (κ3) is 2.41. The summed E-state index contributed by atoms with van der Waals surface area (Å²) in [6.07, 6.45) is 0. The summed E-state index contributed by atoms with van der Waals surface area (Å²) in [5.74, 6) is 0.492. The number of nitrogens with zero attached hydrogens (tertiary/aromatic N) is 1. The molecule has 2 N–H and O–H groups in total. The molecule has 0 saturated carbocycles. The molecule has 1 aromatic heterocycles. The Labute approximate surface area is 145 Å². The minimum atomic E-state index is 0.492. The highest BCUT2D eigenvalue weighted by Crippen LogP contribution is 2.41. The zero-order valence-corrected chi connectivity index (χ0v) is 13.7. The Bertz CT molecular complexity index is 1010. The molecular weight excluding hydrogens is 316 g/mol. The van der Waals surface area contributed by atoms with Gasteiger partial charge in [0.2, 0.25) is 0 Å². The van der Waals surface area contributed by atoms with E-state index in [1.54, 1.807) is 0 Å². The Morgan fingerprint density at radius 2 is 1.33 bits per heavy atom. The standard InChI is InChI=1S/C21H15ClN2/c22-17-13-7-12-16-19(17)18(14-8-3-1-4-9-14)20(24-21(16)23)15-10-5-2-6-11-15/h1-13H,(H2,23,24). The molecule has 1 heterocycles. The molecule has 0 fully saturated rings. The van der Waals surface area contributed by atoms with Crippen LogP contribution < -0.4 is 5.73 Å². The van der Waals surface area contributed by atoms with Crippen LogP contribution in [0.5, 0.6) is 0 Å². The minimum Gasteiger partial charge on any atom is -0.383 e. The van der Waals surface area contributed by atoms with Crippen molar-refractivity contribution in [2.75, 3.05) is 5.73 Å². The van der Waals surface area contributed by atoms with Gasteiger partial charge in [-0.1, -0.05) is 84.4 Å². The molecule has 0 bridgehead atoms. The van der Waals surface area contributed by atoms with Crippen LogP contribution in [-0.4, -0.2) is 4.98 Å². The van der Waals surface area contributed by atoms with Gasteiger partial charge in [-0.15, -0.1) is 0 Å². The van der Waals surface area contributed by atoms with Gasteiger partial charge in [-0.2, -0.15) is 0 Å². The lowest BCUT2D eigenvalue weighted by Crippen LogP contribution is -1.98. The van der Waals surface area contributed by atoms with Crippen molar-refractivity contribution >= 4 is 28.2 Å². The van der Waals surface area contributed by atoms with Crippen molar-refractivity contribution in [2.45, 2.75) is 0 Å². The second-order valence-electron chi connectivity index (χ2n) is 5.62. The van der Waals surface area contributed by atoms with Crippen LogP contribution >= 0.6 is 11.6 Å². The molecule has 0 saturated heterocycles. The minimum absolute atomic E-state index is 0.492. The van der Waals surface area contributed by atoms with E-state index >= 15 is 0 Å². The summed E-state index contributed by atoms with van der Waals surface area (Å²) in [6, 6.07) is 26.0. The lowest BCUT2D eigenvalue weighted by atomic mass is 9.94. The van der Waals surface area contributed by atoms with Crippen LogP contribution in [0.1, 0.15) is 0 Å². The van der Waals surface area contributed by atoms with Crippen LogP contribution in [-0.2, 0) is 0 Å². The summed E-state index contributed by atoms with van der Waals surface area (Å²) < 4.78 is 0. The number of rotatable bonds is 2. The average molecular weight is 331 g/mol. The van der Waals surface area contributed by atoms with Gasteiger partial charge < -0.3 is 5.73 Å². The van der Waals surface area contributed by atoms with E-state index in [4.69, 9.17) is 22.3 Å². The molecular formula is C21H15ClN2. The summed E-state index contributed by atoms with van der Waals surface area (Å²) in [5, 5.41) is 2.50. The fraction of sp³-hybridized carbons (Fsp3) is 0. The topological polar surface area (TPSA) is 38.9 Å². The van der Waals surface area contributed by atoms with Gasteiger partial charge in [-0.25, -0.2) is 4.98 Å². The lowest BCUT2D eigenvalue weighted by molar-refractivity contribution is 1.36. The van der Waals surface area contributed by atoms with Crippen molar-refractivity contribution < 1.29 is 0 Å².